The molecule has 0 amide bonds. The van der Waals surface area contributed by atoms with Gasteiger partial charge in [0.25, 0.3) is 0 Å². The first-order chi connectivity index (χ1) is 11.5. The summed E-state index contributed by atoms with van der Waals surface area (Å²) in [7, 11) is 0. The third kappa shape index (κ3) is 2.34. The Balaban J connectivity index is 2.03. The summed E-state index contributed by atoms with van der Waals surface area (Å²) in [5.74, 6) is 0.472. The molecular weight excluding hydrogens is 331 g/mol. The molecule has 0 N–H and O–H groups in total. The first kappa shape index (κ1) is 15.1. The van der Waals surface area contributed by atoms with E-state index in [4.69, 9.17) is 11.6 Å². The Morgan fingerprint density at radius 3 is 2.62 bits per heavy atom. The van der Waals surface area contributed by atoms with E-state index >= 15 is 0 Å². The van der Waals surface area contributed by atoms with Crippen molar-refractivity contribution < 1.29 is 4.39 Å². The van der Waals surface area contributed by atoms with E-state index < -0.39 is 11.9 Å². The molecule has 0 bridgehead atoms. The van der Waals surface area contributed by atoms with E-state index in [9.17, 15) is 9.18 Å². The van der Waals surface area contributed by atoms with Crippen LogP contribution in [-0.4, -0.2) is 33.8 Å². The Kier molecular flexibility index (Phi) is 3.49. The van der Waals surface area contributed by atoms with Gasteiger partial charge < -0.3 is 4.90 Å². The highest BCUT2D eigenvalue weighted by molar-refractivity contribution is 6.32. The molecule has 5 nitrogen and oxygen atoms in total. The Morgan fingerprint density at radius 1 is 1.17 bits per heavy atom. The van der Waals surface area contributed by atoms with Gasteiger partial charge in [0.15, 0.2) is 5.65 Å². The molecule has 2 aromatic heterocycles. The molecule has 0 saturated carbocycles. The van der Waals surface area contributed by atoms with Gasteiger partial charge in [-0.3, -0.25) is 0 Å². The SMILES string of the molecule is Cc1ccc2c(N3CC(F)C3)nc(=O)n(-c3ccccc3Cl)c2n1. The van der Waals surface area contributed by atoms with Crippen LogP contribution in [0.15, 0.2) is 41.2 Å². The summed E-state index contributed by atoms with van der Waals surface area (Å²) < 4.78 is 14.6. The minimum Gasteiger partial charge on any atom is -0.350 e. The van der Waals surface area contributed by atoms with E-state index in [1.807, 2.05) is 19.1 Å². The maximum Gasteiger partial charge on any atom is 0.355 e. The molecule has 3 aromatic rings. The number of para-hydroxylation sites is 1. The van der Waals surface area contributed by atoms with Crippen LogP contribution in [0.5, 0.6) is 0 Å². The molecular formula is C17H14ClFN4O. The predicted molar refractivity (Wildman–Crippen MR) is 92.0 cm³/mol. The number of rotatable bonds is 2. The molecule has 0 radical (unpaired) electrons. The molecule has 1 aliphatic rings. The smallest absolute Gasteiger partial charge is 0.350 e. The Hall–Kier alpha value is -2.47. The molecule has 1 saturated heterocycles. The highest BCUT2D eigenvalue weighted by Crippen LogP contribution is 2.29. The quantitative estimate of drug-likeness (QED) is 0.717. The first-order valence-electron chi connectivity index (χ1n) is 7.59. The number of aryl methyl sites for hydroxylation is 1. The molecule has 122 valence electrons. The number of nitrogens with zero attached hydrogens (tertiary/aromatic N) is 4. The van der Waals surface area contributed by atoms with E-state index in [1.54, 1.807) is 29.2 Å². The van der Waals surface area contributed by atoms with Crippen molar-refractivity contribution in [3.63, 3.8) is 0 Å². The molecule has 0 aliphatic carbocycles. The lowest BCUT2D eigenvalue weighted by Crippen LogP contribution is -2.49. The van der Waals surface area contributed by atoms with Gasteiger partial charge in [-0.1, -0.05) is 23.7 Å². The van der Waals surface area contributed by atoms with Crippen molar-refractivity contribution in [2.24, 2.45) is 0 Å². The number of benzene rings is 1. The third-order valence-electron chi connectivity index (χ3n) is 4.09. The average Bonchev–Trinajstić information content (AvgIpc) is 2.52. The van der Waals surface area contributed by atoms with Crippen LogP contribution in [-0.2, 0) is 0 Å². The Morgan fingerprint density at radius 2 is 1.92 bits per heavy atom. The number of alkyl halides is 1. The molecule has 7 heteroatoms. The largest absolute Gasteiger partial charge is 0.355 e. The minimum atomic E-state index is -0.883. The van der Waals surface area contributed by atoms with Crippen LogP contribution in [0.1, 0.15) is 5.69 Å². The molecule has 24 heavy (non-hydrogen) atoms. The van der Waals surface area contributed by atoms with E-state index in [0.29, 0.717) is 27.6 Å². The van der Waals surface area contributed by atoms with Crippen LogP contribution in [0.3, 0.4) is 0 Å². The molecule has 3 heterocycles. The summed E-state index contributed by atoms with van der Waals surface area (Å²) in [5, 5.41) is 1.14. The zero-order valence-electron chi connectivity index (χ0n) is 12.9. The van der Waals surface area contributed by atoms with Gasteiger partial charge >= 0.3 is 5.69 Å². The van der Waals surface area contributed by atoms with Crippen LogP contribution >= 0.6 is 11.6 Å². The topological polar surface area (TPSA) is 51.0 Å². The fourth-order valence-electron chi connectivity index (χ4n) is 2.87. The summed E-state index contributed by atoms with van der Waals surface area (Å²) in [5.41, 5.74) is 1.29. The maximum atomic E-state index is 13.2. The van der Waals surface area contributed by atoms with Crippen LogP contribution in [0.4, 0.5) is 10.2 Å². The number of halogens is 2. The Bertz CT molecular complexity index is 998. The number of anilines is 1. The van der Waals surface area contributed by atoms with Gasteiger partial charge in [0.05, 0.1) is 29.2 Å². The number of aromatic nitrogens is 3. The van der Waals surface area contributed by atoms with Gasteiger partial charge in [0.1, 0.15) is 12.0 Å². The van der Waals surface area contributed by atoms with Crippen molar-refractivity contribution in [3.8, 4) is 5.69 Å². The van der Waals surface area contributed by atoms with Gasteiger partial charge in [-0.2, -0.15) is 4.98 Å². The number of hydrogen-bond acceptors (Lipinski definition) is 4. The van der Waals surface area contributed by atoms with Gasteiger partial charge in [-0.15, -0.1) is 0 Å². The van der Waals surface area contributed by atoms with Gasteiger partial charge in [0.2, 0.25) is 0 Å². The van der Waals surface area contributed by atoms with Gasteiger partial charge in [-0.25, -0.2) is 18.7 Å². The van der Waals surface area contributed by atoms with Crippen molar-refractivity contribution >= 4 is 28.5 Å². The zero-order chi connectivity index (χ0) is 16.8. The van der Waals surface area contributed by atoms with Crippen LogP contribution in [0.25, 0.3) is 16.7 Å². The first-order valence-corrected chi connectivity index (χ1v) is 7.97. The normalized spacial score (nSPS) is 14.9. The lowest BCUT2D eigenvalue weighted by atomic mass is 10.1. The molecule has 1 fully saturated rings. The fourth-order valence-corrected chi connectivity index (χ4v) is 3.09. The summed E-state index contributed by atoms with van der Waals surface area (Å²) in [6.07, 6.45) is -0.883. The number of fused-ring (bicyclic) bond motifs is 1. The summed E-state index contributed by atoms with van der Waals surface area (Å²) in [6, 6.07) is 10.8. The van der Waals surface area contributed by atoms with Crippen LogP contribution in [0, 0.1) is 6.92 Å². The fraction of sp³-hybridized carbons (Fsp3) is 0.235. The number of hydrogen-bond donors (Lipinski definition) is 0. The molecule has 1 aromatic carbocycles. The van der Waals surface area contributed by atoms with Crippen LogP contribution in [0.2, 0.25) is 5.02 Å². The molecule has 0 atom stereocenters. The van der Waals surface area contributed by atoms with Crippen molar-refractivity contribution in [1.29, 1.82) is 0 Å². The third-order valence-corrected chi connectivity index (χ3v) is 4.41. The second-order valence-corrected chi connectivity index (χ2v) is 6.24. The monoisotopic (exact) mass is 344 g/mol. The second-order valence-electron chi connectivity index (χ2n) is 5.83. The summed E-state index contributed by atoms with van der Waals surface area (Å²) in [4.78, 5) is 23.1. The molecule has 4 rings (SSSR count). The van der Waals surface area contributed by atoms with E-state index in [-0.39, 0.29) is 13.1 Å². The van der Waals surface area contributed by atoms with Gasteiger partial charge in [0, 0.05) is 5.69 Å². The van der Waals surface area contributed by atoms with Crippen molar-refractivity contribution in [2.45, 2.75) is 13.1 Å². The van der Waals surface area contributed by atoms with Gasteiger partial charge in [-0.05, 0) is 31.2 Å². The lowest BCUT2D eigenvalue weighted by molar-refractivity contribution is 0.274. The summed E-state index contributed by atoms with van der Waals surface area (Å²) >= 11 is 6.26. The maximum absolute atomic E-state index is 13.2. The van der Waals surface area contributed by atoms with E-state index in [0.717, 1.165) is 5.69 Å². The highest BCUT2D eigenvalue weighted by atomic mass is 35.5. The zero-order valence-corrected chi connectivity index (χ0v) is 13.7. The summed E-state index contributed by atoms with van der Waals surface area (Å²) in [6.45, 7) is 2.33. The van der Waals surface area contributed by atoms with Crippen molar-refractivity contribution in [2.75, 3.05) is 18.0 Å². The van der Waals surface area contributed by atoms with E-state index in [2.05, 4.69) is 9.97 Å². The van der Waals surface area contributed by atoms with Crippen molar-refractivity contribution in [1.82, 2.24) is 14.5 Å². The van der Waals surface area contributed by atoms with E-state index in [1.165, 1.54) is 4.57 Å². The average molecular weight is 345 g/mol. The molecule has 1 aliphatic heterocycles. The van der Waals surface area contributed by atoms with Crippen molar-refractivity contribution in [3.05, 3.63) is 57.6 Å². The second kappa shape index (κ2) is 5.56. The number of pyridine rings is 1. The minimum absolute atomic E-state index is 0.242. The Labute approximate surface area is 142 Å². The highest BCUT2D eigenvalue weighted by Gasteiger charge is 2.30. The standard InChI is InChI=1S/C17H14ClFN4O/c1-10-6-7-12-15(22-8-11(19)9-22)21-17(24)23(16(12)20-10)14-5-3-2-4-13(14)18/h2-7,11H,8-9H2,1H3. The predicted octanol–water partition coefficient (Wildman–Crippen LogP) is 2.90. The van der Waals surface area contributed by atoms with Crippen LogP contribution < -0.4 is 10.6 Å². The lowest BCUT2D eigenvalue weighted by Gasteiger charge is -2.35. The molecule has 0 unspecified atom stereocenters. The molecule has 0 spiro atoms.